The van der Waals surface area contributed by atoms with E-state index in [2.05, 4.69) is 4.98 Å². The van der Waals surface area contributed by atoms with Crippen LogP contribution in [-0.2, 0) is 21.8 Å². The molecule has 3 aromatic rings. The third kappa shape index (κ3) is 4.29. The third-order valence-corrected chi connectivity index (χ3v) is 5.19. The van der Waals surface area contributed by atoms with Gasteiger partial charge in [0.25, 0.3) is 0 Å². The van der Waals surface area contributed by atoms with Gasteiger partial charge in [-0.25, -0.2) is 4.98 Å². The molecule has 2 unspecified atom stereocenters. The largest absolute Gasteiger partial charge is 0.489 e. The molecule has 1 aliphatic rings. The van der Waals surface area contributed by atoms with Crippen molar-refractivity contribution in [3.05, 3.63) is 81.8 Å². The van der Waals surface area contributed by atoms with Gasteiger partial charge in [0, 0.05) is 28.0 Å². The lowest BCUT2D eigenvalue weighted by Gasteiger charge is -2.29. The lowest BCUT2D eigenvalue weighted by atomic mass is 10.1. The van der Waals surface area contributed by atoms with Crippen LogP contribution in [0.3, 0.4) is 0 Å². The number of nitrogens with zero attached hydrogens (tertiary/aromatic N) is 2. The van der Waals surface area contributed by atoms with Crippen LogP contribution >= 0.6 is 34.8 Å². The Kier molecular flexibility index (Phi) is 5.80. The second-order valence-corrected chi connectivity index (χ2v) is 7.71. The standard InChI is InChI=1S/C20H17Cl3N2O3/c21-15-3-1-14(2-4-15)20(12-25-8-7-24-13-25)27-11-17(28-20)10-26-19-6-5-16(22)9-18(19)23/h1-9,13,17H,10-12H2. The average Bonchev–Trinajstić information content (AvgIpc) is 3.33. The van der Waals surface area contributed by atoms with E-state index in [1.165, 1.54) is 0 Å². The molecule has 0 bridgehead atoms. The van der Waals surface area contributed by atoms with Crippen molar-refractivity contribution >= 4 is 34.8 Å². The van der Waals surface area contributed by atoms with Crippen LogP contribution in [0.1, 0.15) is 5.56 Å². The molecule has 5 nitrogen and oxygen atoms in total. The van der Waals surface area contributed by atoms with Gasteiger partial charge in [-0.2, -0.15) is 0 Å². The molecule has 2 aromatic carbocycles. The number of hydrogen-bond donors (Lipinski definition) is 0. The molecule has 0 amide bonds. The van der Waals surface area contributed by atoms with Gasteiger partial charge in [0.05, 0.1) is 24.5 Å². The second kappa shape index (κ2) is 8.31. The molecule has 2 heterocycles. The number of aromatic nitrogens is 2. The highest BCUT2D eigenvalue weighted by Crippen LogP contribution is 2.37. The van der Waals surface area contributed by atoms with Crippen molar-refractivity contribution in [2.75, 3.05) is 13.2 Å². The van der Waals surface area contributed by atoms with Gasteiger partial charge in [-0.15, -0.1) is 0 Å². The van der Waals surface area contributed by atoms with Crippen LogP contribution in [0.5, 0.6) is 5.75 Å². The number of imidazole rings is 1. The maximum atomic E-state index is 6.33. The Morgan fingerprint density at radius 1 is 1.11 bits per heavy atom. The van der Waals surface area contributed by atoms with Crippen molar-refractivity contribution < 1.29 is 14.2 Å². The summed E-state index contributed by atoms with van der Waals surface area (Å²) in [5.41, 5.74) is 0.873. The molecule has 2 atom stereocenters. The maximum Gasteiger partial charge on any atom is 0.214 e. The first-order chi connectivity index (χ1) is 13.5. The van der Waals surface area contributed by atoms with Crippen LogP contribution in [0.4, 0.5) is 0 Å². The van der Waals surface area contributed by atoms with Crippen molar-refractivity contribution in [2.24, 2.45) is 0 Å². The van der Waals surface area contributed by atoms with Crippen molar-refractivity contribution in [1.82, 2.24) is 9.55 Å². The molecule has 4 rings (SSSR count). The minimum absolute atomic E-state index is 0.272. The van der Waals surface area contributed by atoms with Gasteiger partial charge in [0.1, 0.15) is 18.5 Å². The number of ether oxygens (including phenoxy) is 3. The Labute approximate surface area is 177 Å². The predicted octanol–water partition coefficient (Wildman–Crippen LogP) is 5.19. The zero-order valence-corrected chi connectivity index (χ0v) is 17.0. The molecule has 1 aliphatic heterocycles. The summed E-state index contributed by atoms with van der Waals surface area (Å²) < 4.78 is 20.2. The SMILES string of the molecule is Clc1ccc(C2(Cn3ccnc3)OCC(COc3ccc(Cl)cc3Cl)O2)cc1. The first-order valence-electron chi connectivity index (χ1n) is 8.65. The van der Waals surface area contributed by atoms with E-state index in [0.29, 0.717) is 40.6 Å². The maximum absolute atomic E-state index is 6.33. The summed E-state index contributed by atoms with van der Waals surface area (Å²) in [6.45, 7) is 1.12. The first kappa shape index (κ1) is 19.6. The molecule has 28 heavy (non-hydrogen) atoms. The molecule has 146 valence electrons. The van der Waals surface area contributed by atoms with Crippen molar-refractivity contribution in [3.63, 3.8) is 0 Å². The molecule has 1 fully saturated rings. The number of halogens is 3. The lowest BCUT2D eigenvalue weighted by Crippen LogP contribution is -2.34. The minimum atomic E-state index is -0.955. The Morgan fingerprint density at radius 2 is 1.89 bits per heavy atom. The van der Waals surface area contributed by atoms with Crippen LogP contribution in [0.25, 0.3) is 0 Å². The Bertz CT molecular complexity index is 934. The fourth-order valence-corrected chi connectivity index (χ4v) is 3.66. The molecule has 1 aromatic heterocycles. The molecule has 0 N–H and O–H groups in total. The van der Waals surface area contributed by atoms with E-state index in [1.807, 2.05) is 35.0 Å². The van der Waals surface area contributed by atoms with E-state index >= 15 is 0 Å². The molecule has 0 spiro atoms. The van der Waals surface area contributed by atoms with Gasteiger partial charge in [-0.3, -0.25) is 0 Å². The summed E-state index contributed by atoms with van der Waals surface area (Å²) >= 11 is 18.1. The van der Waals surface area contributed by atoms with E-state index < -0.39 is 5.79 Å². The van der Waals surface area contributed by atoms with Crippen LogP contribution in [0.15, 0.2) is 61.2 Å². The van der Waals surface area contributed by atoms with Gasteiger partial charge in [0.15, 0.2) is 0 Å². The summed E-state index contributed by atoms with van der Waals surface area (Å²) in [5, 5.41) is 1.66. The summed E-state index contributed by atoms with van der Waals surface area (Å²) in [5.74, 6) is -0.406. The van der Waals surface area contributed by atoms with Crippen LogP contribution in [0, 0.1) is 0 Å². The third-order valence-electron chi connectivity index (χ3n) is 4.41. The van der Waals surface area contributed by atoms with Gasteiger partial charge in [-0.1, -0.05) is 46.9 Å². The Morgan fingerprint density at radius 3 is 2.61 bits per heavy atom. The van der Waals surface area contributed by atoms with Crippen LogP contribution in [-0.4, -0.2) is 28.9 Å². The van der Waals surface area contributed by atoms with Gasteiger partial charge in [-0.05, 0) is 30.3 Å². The summed E-state index contributed by atoms with van der Waals surface area (Å²) in [6.07, 6.45) is 5.03. The minimum Gasteiger partial charge on any atom is -0.489 e. The fraction of sp³-hybridized carbons (Fsp3) is 0.250. The molecule has 0 aliphatic carbocycles. The van der Waals surface area contributed by atoms with Gasteiger partial charge < -0.3 is 18.8 Å². The molecule has 8 heteroatoms. The van der Waals surface area contributed by atoms with Crippen molar-refractivity contribution in [3.8, 4) is 5.75 Å². The topological polar surface area (TPSA) is 45.5 Å². The smallest absolute Gasteiger partial charge is 0.214 e. The summed E-state index contributed by atoms with van der Waals surface area (Å²) in [4.78, 5) is 4.10. The van der Waals surface area contributed by atoms with Crippen molar-refractivity contribution in [2.45, 2.75) is 18.4 Å². The second-order valence-electron chi connectivity index (χ2n) is 6.43. The molecule has 0 radical (unpaired) electrons. The first-order valence-corrected chi connectivity index (χ1v) is 9.79. The lowest BCUT2D eigenvalue weighted by molar-refractivity contribution is -0.189. The quantitative estimate of drug-likeness (QED) is 0.530. The van der Waals surface area contributed by atoms with E-state index in [4.69, 9.17) is 49.0 Å². The molecule has 1 saturated heterocycles. The molecule has 0 saturated carbocycles. The van der Waals surface area contributed by atoms with E-state index in [-0.39, 0.29) is 6.10 Å². The fourth-order valence-electron chi connectivity index (χ4n) is 3.07. The van der Waals surface area contributed by atoms with Crippen LogP contribution in [0.2, 0.25) is 15.1 Å². The Balaban J connectivity index is 1.51. The molecular formula is C20H17Cl3N2O3. The van der Waals surface area contributed by atoms with Gasteiger partial charge >= 0.3 is 0 Å². The number of hydrogen-bond acceptors (Lipinski definition) is 4. The predicted molar refractivity (Wildman–Crippen MR) is 108 cm³/mol. The van der Waals surface area contributed by atoms with Gasteiger partial charge in [0.2, 0.25) is 5.79 Å². The normalized spacial score (nSPS) is 21.8. The van der Waals surface area contributed by atoms with Crippen molar-refractivity contribution in [1.29, 1.82) is 0 Å². The van der Waals surface area contributed by atoms with E-state index in [0.717, 1.165) is 5.56 Å². The average molecular weight is 440 g/mol. The monoisotopic (exact) mass is 438 g/mol. The summed E-state index contributed by atoms with van der Waals surface area (Å²) in [7, 11) is 0. The zero-order chi connectivity index (χ0) is 19.6. The summed E-state index contributed by atoms with van der Waals surface area (Å²) in [6, 6.07) is 12.5. The number of benzene rings is 2. The van der Waals surface area contributed by atoms with E-state index in [9.17, 15) is 0 Å². The van der Waals surface area contributed by atoms with Crippen LogP contribution < -0.4 is 4.74 Å². The Hall–Kier alpha value is -1.76. The highest BCUT2D eigenvalue weighted by atomic mass is 35.5. The number of rotatable bonds is 6. The van der Waals surface area contributed by atoms with E-state index in [1.54, 1.807) is 30.7 Å². The highest BCUT2D eigenvalue weighted by Gasteiger charge is 2.44. The zero-order valence-electron chi connectivity index (χ0n) is 14.7. The molecular weight excluding hydrogens is 423 g/mol. The highest BCUT2D eigenvalue weighted by molar-refractivity contribution is 6.35.